The van der Waals surface area contributed by atoms with Gasteiger partial charge in [0.2, 0.25) is 0 Å². The molecule has 25 heavy (non-hydrogen) atoms. The van der Waals surface area contributed by atoms with E-state index in [1.165, 1.54) is 20.0 Å². The minimum Gasteiger partial charge on any atom is -0.419 e. The van der Waals surface area contributed by atoms with E-state index < -0.39 is 17.7 Å². The molecule has 0 spiro atoms. The molecule has 0 saturated carbocycles. The van der Waals surface area contributed by atoms with Crippen LogP contribution in [0.25, 0.3) is 11.1 Å². The molecule has 0 amide bonds. The maximum absolute atomic E-state index is 12.0. The van der Waals surface area contributed by atoms with Gasteiger partial charge in [-0.15, -0.1) is 0 Å². The molecule has 0 atom stereocenters. The summed E-state index contributed by atoms with van der Waals surface area (Å²) in [6.45, 7) is 5.05. The average Bonchev–Trinajstić information content (AvgIpc) is 2.53. The predicted molar refractivity (Wildman–Crippen MR) is 94.6 cm³/mol. The number of carbonyl (C=O) groups excluding carboxylic acids is 2. The topological polar surface area (TPSA) is 64.6 Å². The summed E-state index contributed by atoms with van der Waals surface area (Å²) in [6, 6.07) is 15.7. The number of carbonyl (C=O) groups is 2. The Hall–Kier alpha value is -3.08. The van der Waals surface area contributed by atoms with Crippen molar-refractivity contribution in [3.63, 3.8) is 0 Å². The smallest absolute Gasteiger partial charge is 0.350 e. The molecule has 0 aromatic heterocycles. The highest BCUT2D eigenvalue weighted by atomic mass is 16.7. The lowest BCUT2D eigenvalue weighted by Gasteiger charge is -2.29. The van der Waals surface area contributed by atoms with E-state index in [-0.39, 0.29) is 5.57 Å². The Morgan fingerprint density at radius 2 is 1.64 bits per heavy atom. The van der Waals surface area contributed by atoms with Crippen LogP contribution in [0.2, 0.25) is 0 Å². The molecule has 0 unspecified atom stereocenters. The Labute approximate surface area is 146 Å². The molecule has 1 saturated heterocycles. The Morgan fingerprint density at radius 1 is 0.960 bits per heavy atom. The van der Waals surface area contributed by atoms with Crippen LogP contribution in [0.4, 0.5) is 5.69 Å². The van der Waals surface area contributed by atoms with Crippen molar-refractivity contribution in [2.75, 3.05) is 5.32 Å². The van der Waals surface area contributed by atoms with E-state index in [4.69, 9.17) is 9.47 Å². The first-order valence-corrected chi connectivity index (χ1v) is 7.95. The number of aryl methyl sites for hydroxylation is 1. The third-order valence-electron chi connectivity index (χ3n) is 3.74. The van der Waals surface area contributed by atoms with Crippen LogP contribution in [0.3, 0.4) is 0 Å². The van der Waals surface area contributed by atoms with Crippen molar-refractivity contribution in [2.24, 2.45) is 0 Å². The van der Waals surface area contributed by atoms with E-state index in [0.717, 1.165) is 22.4 Å². The Bertz CT molecular complexity index is 846. The highest BCUT2D eigenvalue weighted by Crippen LogP contribution is 2.29. The maximum Gasteiger partial charge on any atom is 0.350 e. The first-order valence-electron chi connectivity index (χ1n) is 7.95. The zero-order valence-electron chi connectivity index (χ0n) is 14.3. The third-order valence-corrected chi connectivity index (χ3v) is 3.74. The van der Waals surface area contributed by atoms with E-state index in [1.807, 2.05) is 49.4 Å². The summed E-state index contributed by atoms with van der Waals surface area (Å²) in [5.74, 6) is -2.66. The Morgan fingerprint density at radius 3 is 2.32 bits per heavy atom. The molecule has 5 nitrogen and oxygen atoms in total. The number of ether oxygens (including phenoxy) is 2. The molecule has 1 aliphatic rings. The number of hydrogen-bond acceptors (Lipinski definition) is 5. The molecule has 0 radical (unpaired) electrons. The SMILES string of the molecule is Cc1cccc(-c2ccccc2NC=C2C(=O)OC(C)(C)OC2=O)c1. The van der Waals surface area contributed by atoms with Crippen molar-refractivity contribution >= 4 is 17.6 Å². The summed E-state index contributed by atoms with van der Waals surface area (Å²) in [4.78, 5) is 24.0. The molecule has 1 N–H and O–H groups in total. The second-order valence-electron chi connectivity index (χ2n) is 6.30. The quantitative estimate of drug-likeness (QED) is 0.524. The number of cyclic esters (lactones) is 2. The largest absolute Gasteiger partial charge is 0.419 e. The monoisotopic (exact) mass is 337 g/mol. The molecule has 2 aromatic rings. The number of hydrogen-bond donors (Lipinski definition) is 1. The number of para-hydroxylation sites is 1. The van der Waals surface area contributed by atoms with Gasteiger partial charge >= 0.3 is 11.9 Å². The van der Waals surface area contributed by atoms with Gasteiger partial charge in [0.1, 0.15) is 0 Å². The summed E-state index contributed by atoms with van der Waals surface area (Å²) in [6.07, 6.45) is 1.33. The van der Waals surface area contributed by atoms with Crippen molar-refractivity contribution in [1.29, 1.82) is 0 Å². The second-order valence-corrected chi connectivity index (χ2v) is 6.30. The van der Waals surface area contributed by atoms with Crippen LogP contribution in [0.1, 0.15) is 19.4 Å². The minimum absolute atomic E-state index is 0.168. The van der Waals surface area contributed by atoms with E-state index in [1.54, 1.807) is 0 Å². The van der Waals surface area contributed by atoms with Crippen LogP contribution in [0.5, 0.6) is 0 Å². The van der Waals surface area contributed by atoms with Crippen molar-refractivity contribution in [3.8, 4) is 11.1 Å². The van der Waals surface area contributed by atoms with Crippen LogP contribution in [0, 0.1) is 6.92 Å². The van der Waals surface area contributed by atoms with Crippen LogP contribution in [-0.2, 0) is 19.1 Å². The van der Waals surface area contributed by atoms with Crippen LogP contribution in [0.15, 0.2) is 60.3 Å². The van der Waals surface area contributed by atoms with Crippen molar-refractivity contribution in [2.45, 2.75) is 26.6 Å². The van der Waals surface area contributed by atoms with Gasteiger partial charge in [-0.1, -0.05) is 48.0 Å². The van der Waals surface area contributed by atoms with Gasteiger partial charge < -0.3 is 14.8 Å². The summed E-state index contributed by atoms with van der Waals surface area (Å²) < 4.78 is 10.2. The Balaban J connectivity index is 1.90. The standard InChI is InChI=1S/C20H19NO4/c1-13-7-6-8-14(11-13)15-9-4-5-10-17(15)21-12-16-18(22)24-20(2,3)25-19(16)23/h4-12,21H,1-3H3. The highest BCUT2D eigenvalue weighted by molar-refractivity contribution is 6.15. The van der Waals surface area contributed by atoms with Gasteiger partial charge in [-0.05, 0) is 18.6 Å². The van der Waals surface area contributed by atoms with Crippen molar-refractivity contribution in [3.05, 3.63) is 65.9 Å². The van der Waals surface area contributed by atoms with E-state index in [9.17, 15) is 9.59 Å². The van der Waals surface area contributed by atoms with Gasteiger partial charge in [0, 0.05) is 31.3 Å². The Kier molecular flexibility index (Phi) is 4.31. The lowest BCUT2D eigenvalue weighted by molar-refractivity contribution is -0.222. The van der Waals surface area contributed by atoms with E-state index in [0.29, 0.717) is 0 Å². The van der Waals surface area contributed by atoms with Gasteiger partial charge in [-0.25, -0.2) is 9.59 Å². The predicted octanol–water partition coefficient (Wildman–Crippen LogP) is 3.79. The third kappa shape index (κ3) is 3.71. The molecule has 1 heterocycles. The van der Waals surface area contributed by atoms with Crippen LogP contribution in [-0.4, -0.2) is 17.7 Å². The van der Waals surface area contributed by atoms with E-state index in [2.05, 4.69) is 11.4 Å². The molecule has 1 aliphatic heterocycles. The minimum atomic E-state index is -1.25. The maximum atomic E-state index is 12.0. The average molecular weight is 337 g/mol. The zero-order valence-corrected chi connectivity index (χ0v) is 14.3. The van der Waals surface area contributed by atoms with E-state index >= 15 is 0 Å². The fourth-order valence-corrected chi connectivity index (χ4v) is 2.60. The van der Waals surface area contributed by atoms with Gasteiger partial charge in [0.15, 0.2) is 5.57 Å². The van der Waals surface area contributed by atoms with Crippen LogP contribution >= 0.6 is 0 Å². The van der Waals surface area contributed by atoms with Crippen molar-refractivity contribution in [1.82, 2.24) is 0 Å². The molecule has 3 rings (SSSR count). The molecule has 2 aromatic carbocycles. The highest BCUT2D eigenvalue weighted by Gasteiger charge is 2.38. The van der Waals surface area contributed by atoms with Gasteiger partial charge in [-0.2, -0.15) is 0 Å². The normalized spacial score (nSPS) is 16.0. The number of benzene rings is 2. The first kappa shape index (κ1) is 16.8. The fourth-order valence-electron chi connectivity index (χ4n) is 2.60. The fraction of sp³-hybridized carbons (Fsp3) is 0.200. The number of esters is 2. The summed E-state index contributed by atoms with van der Waals surface area (Å²) >= 11 is 0. The number of anilines is 1. The summed E-state index contributed by atoms with van der Waals surface area (Å²) in [5, 5.41) is 3.03. The second kappa shape index (κ2) is 6.43. The molecule has 1 fully saturated rings. The lowest BCUT2D eigenvalue weighted by atomic mass is 10.0. The summed E-state index contributed by atoms with van der Waals surface area (Å²) in [5.41, 5.74) is 3.74. The number of nitrogens with one attached hydrogen (secondary N) is 1. The van der Waals surface area contributed by atoms with Gasteiger partial charge in [0.25, 0.3) is 5.79 Å². The first-order chi connectivity index (χ1) is 11.9. The van der Waals surface area contributed by atoms with Gasteiger partial charge in [-0.3, -0.25) is 0 Å². The summed E-state index contributed by atoms with van der Waals surface area (Å²) in [7, 11) is 0. The van der Waals surface area contributed by atoms with Gasteiger partial charge in [0.05, 0.1) is 0 Å². The molecule has 5 heteroatoms. The zero-order chi connectivity index (χ0) is 18.0. The molecule has 0 aliphatic carbocycles. The number of rotatable bonds is 3. The molecular formula is C20H19NO4. The van der Waals surface area contributed by atoms with Crippen LogP contribution < -0.4 is 5.32 Å². The lowest BCUT2D eigenvalue weighted by Crippen LogP contribution is -2.42. The molecule has 128 valence electrons. The molecular weight excluding hydrogens is 318 g/mol. The molecule has 0 bridgehead atoms. The van der Waals surface area contributed by atoms with Crippen molar-refractivity contribution < 1.29 is 19.1 Å².